The van der Waals surface area contributed by atoms with E-state index in [1.165, 1.54) is 44.9 Å². The Labute approximate surface area is 99.6 Å². The van der Waals surface area contributed by atoms with Crippen LogP contribution in [0.5, 0.6) is 0 Å². The summed E-state index contributed by atoms with van der Waals surface area (Å²) in [5.41, 5.74) is 7.09. The molecule has 15 heavy (non-hydrogen) atoms. The first kappa shape index (κ1) is 11.7. The Bertz CT molecular complexity index is 239. The molecule has 88 valence electrons. The van der Waals surface area contributed by atoms with Crippen LogP contribution in [0.2, 0.25) is 0 Å². The summed E-state index contributed by atoms with van der Waals surface area (Å²) in [6, 6.07) is 0.559. The molecule has 0 radical (unpaired) electrons. The summed E-state index contributed by atoms with van der Waals surface area (Å²) >= 11 is 0. The van der Waals surface area contributed by atoms with Gasteiger partial charge in [0.1, 0.15) is 0 Å². The molecule has 3 aliphatic carbocycles. The van der Waals surface area contributed by atoms with Gasteiger partial charge in [-0.1, -0.05) is 19.8 Å². The van der Waals surface area contributed by atoms with Crippen molar-refractivity contribution in [3.8, 4) is 0 Å². The van der Waals surface area contributed by atoms with Crippen molar-refractivity contribution in [2.24, 2.45) is 28.9 Å². The average Bonchev–Trinajstić information content (AvgIpc) is 2.71. The molecule has 2 heteroatoms. The lowest BCUT2D eigenvalue weighted by molar-refractivity contribution is 0.0531. The van der Waals surface area contributed by atoms with Crippen LogP contribution in [-0.2, 0) is 0 Å². The van der Waals surface area contributed by atoms with Gasteiger partial charge in [0.05, 0.1) is 0 Å². The molecule has 0 aromatic rings. The molecule has 3 rings (SSSR count). The zero-order valence-corrected chi connectivity index (χ0v) is 10.6. The third kappa shape index (κ3) is 1.54. The van der Waals surface area contributed by atoms with Gasteiger partial charge in [-0.25, -0.2) is 0 Å². The molecule has 0 unspecified atom stereocenters. The Morgan fingerprint density at radius 3 is 2.60 bits per heavy atom. The minimum atomic E-state index is 0. The third-order valence-corrected chi connectivity index (χ3v) is 5.53. The first-order valence-electron chi connectivity index (χ1n) is 6.48. The van der Waals surface area contributed by atoms with Crippen LogP contribution in [0.4, 0.5) is 0 Å². The van der Waals surface area contributed by atoms with Gasteiger partial charge in [0.15, 0.2) is 0 Å². The van der Waals surface area contributed by atoms with Crippen LogP contribution < -0.4 is 5.73 Å². The van der Waals surface area contributed by atoms with E-state index >= 15 is 0 Å². The van der Waals surface area contributed by atoms with Crippen molar-refractivity contribution in [2.45, 2.75) is 57.9 Å². The highest BCUT2D eigenvalue weighted by molar-refractivity contribution is 5.85. The fourth-order valence-electron chi connectivity index (χ4n) is 4.91. The van der Waals surface area contributed by atoms with Gasteiger partial charge in [-0.05, 0) is 55.3 Å². The first-order chi connectivity index (χ1) is 6.72. The van der Waals surface area contributed by atoms with Crippen LogP contribution in [0.25, 0.3) is 0 Å². The second-order valence-corrected chi connectivity index (χ2v) is 6.23. The molecule has 2 bridgehead atoms. The van der Waals surface area contributed by atoms with E-state index in [9.17, 15) is 0 Å². The lowest BCUT2D eigenvalue weighted by Gasteiger charge is -2.47. The Balaban J connectivity index is 0.000000853. The van der Waals surface area contributed by atoms with Crippen molar-refractivity contribution in [1.82, 2.24) is 0 Å². The van der Waals surface area contributed by atoms with E-state index in [0.717, 1.165) is 17.8 Å². The molecule has 0 amide bonds. The number of rotatable bonds is 0. The largest absolute Gasteiger partial charge is 0.327 e. The minimum Gasteiger partial charge on any atom is -0.327 e. The molecule has 3 aliphatic rings. The standard InChI is InChI=1S/C13H23N.ClH/c1-9-3-2-6-13(8-9)11-5-4-10(7-11)12(13)14;/h9-12H,2-8,14H2,1H3;1H/t9-,10-,11+,12-,13+;/m1./s1. The Morgan fingerprint density at radius 1 is 1.20 bits per heavy atom. The molecule has 3 fully saturated rings. The van der Waals surface area contributed by atoms with E-state index in [-0.39, 0.29) is 12.4 Å². The maximum Gasteiger partial charge on any atom is 0.0127 e. The zero-order valence-electron chi connectivity index (χ0n) is 9.74. The smallest absolute Gasteiger partial charge is 0.0127 e. The molecule has 5 atom stereocenters. The highest BCUT2D eigenvalue weighted by atomic mass is 35.5. The normalized spacial score (nSPS) is 53.2. The van der Waals surface area contributed by atoms with E-state index in [1.54, 1.807) is 0 Å². The van der Waals surface area contributed by atoms with Gasteiger partial charge >= 0.3 is 0 Å². The van der Waals surface area contributed by atoms with Crippen LogP contribution in [0.15, 0.2) is 0 Å². The first-order valence-corrected chi connectivity index (χ1v) is 6.48. The monoisotopic (exact) mass is 229 g/mol. The van der Waals surface area contributed by atoms with Gasteiger partial charge in [-0.2, -0.15) is 0 Å². The molecule has 0 aliphatic heterocycles. The Hall–Kier alpha value is 0.250. The van der Waals surface area contributed by atoms with Gasteiger partial charge in [0.25, 0.3) is 0 Å². The van der Waals surface area contributed by atoms with Gasteiger partial charge in [0.2, 0.25) is 0 Å². The van der Waals surface area contributed by atoms with Gasteiger partial charge < -0.3 is 5.73 Å². The summed E-state index contributed by atoms with van der Waals surface area (Å²) in [7, 11) is 0. The lowest BCUT2D eigenvalue weighted by atomic mass is 9.60. The lowest BCUT2D eigenvalue weighted by Crippen LogP contribution is -2.48. The molecule has 1 nitrogen and oxygen atoms in total. The van der Waals surface area contributed by atoms with Crippen molar-refractivity contribution >= 4 is 12.4 Å². The molecule has 0 aromatic heterocycles. The van der Waals surface area contributed by atoms with E-state index in [4.69, 9.17) is 5.73 Å². The molecule has 2 N–H and O–H groups in total. The zero-order chi connectivity index (χ0) is 9.76. The second kappa shape index (κ2) is 3.92. The topological polar surface area (TPSA) is 26.0 Å². The maximum atomic E-state index is 6.49. The minimum absolute atomic E-state index is 0. The van der Waals surface area contributed by atoms with Crippen molar-refractivity contribution < 1.29 is 0 Å². The molecule has 0 heterocycles. The van der Waals surface area contributed by atoms with Crippen LogP contribution in [-0.4, -0.2) is 6.04 Å². The highest BCUT2D eigenvalue weighted by Gasteiger charge is 2.56. The number of hydrogen-bond acceptors (Lipinski definition) is 1. The summed E-state index contributed by atoms with van der Waals surface area (Å²) in [4.78, 5) is 0. The van der Waals surface area contributed by atoms with Gasteiger partial charge in [0, 0.05) is 6.04 Å². The third-order valence-electron chi connectivity index (χ3n) is 5.53. The molecule has 0 aromatic carbocycles. The van der Waals surface area contributed by atoms with Gasteiger partial charge in [-0.3, -0.25) is 0 Å². The molecular weight excluding hydrogens is 206 g/mol. The SMILES string of the molecule is C[C@@H]1CCC[C@]2(C1)[C@H]1CC[C@H](C1)[C@H]2N.Cl. The second-order valence-electron chi connectivity index (χ2n) is 6.23. The van der Waals surface area contributed by atoms with Crippen molar-refractivity contribution in [2.75, 3.05) is 0 Å². The molecule has 3 saturated carbocycles. The summed E-state index contributed by atoms with van der Waals surface area (Å²) in [6.45, 7) is 2.43. The van der Waals surface area contributed by atoms with E-state index in [0.29, 0.717) is 11.5 Å². The van der Waals surface area contributed by atoms with Crippen LogP contribution in [0, 0.1) is 23.2 Å². The number of nitrogens with two attached hydrogens (primary N) is 1. The van der Waals surface area contributed by atoms with Crippen molar-refractivity contribution in [3.63, 3.8) is 0 Å². The van der Waals surface area contributed by atoms with E-state index < -0.39 is 0 Å². The predicted molar refractivity (Wildman–Crippen MR) is 66.1 cm³/mol. The highest BCUT2D eigenvalue weighted by Crippen LogP contribution is 2.61. The maximum absolute atomic E-state index is 6.49. The summed E-state index contributed by atoms with van der Waals surface area (Å²) in [5, 5.41) is 0. The molecule has 1 spiro atoms. The van der Waals surface area contributed by atoms with E-state index in [2.05, 4.69) is 6.92 Å². The molecular formula is C13H24ClN. The summed E-state index contributed by atoms with van der Waals surface area (Å²) in [6.07, 6.45) is 10.2. The fourth-order valence-corrected chi connectivity index (χ4v) is 4.91. The Morgan fingerprint density at radius 2 is 2.00 bits per heavy atom. The molecule has 0 saturated heterocycles. The predicted octanol–water partition coefficient (Wildman–Crippen LogP) is 3.36. The Kier molecular flexibility index (Phi) is 3.07. The van der Waals surface area contributed by atoms with Crippen LogP contribution in [0.3, 0.4) is 0 Å². The van der Waals surface area contributed by atoms with Crippen LogP contribution >= 0.6 is 12.4 Å². The number of fused-ring (bicyclic) bond motifs is 3. The quantitative estimate of drug-likeness (QED) is 0.677. The number of hydrogen-bond donors (Lipinski definition) is 1. The van der Waals surface area contributed by atoms with Crippen molar-refractivity contribution in [3.05, 3.63) is 0 Å². The average molecular weight is 230 g/mol. The number of halogens is 1. The summed E-state index contributed by atoms with van der Waals surface area (Å²) < 4.78 is 0. The van der Waals surface area contributed by atoms with Crippen LogP contribution in [0.1, 0.15) is 51.9 Å². The summed E-state index contributed by atoms with van der Waals surface area (Å²) in [5.74, 6) is 2.84. The van der Waals surface area contributed by atoms with Crippen molar-refractivity contribution in [1.29, 1.82) is 0 Å². The van der Waals surface area contributed by atoms with Gasteiger partial charge in [-0.15, -0.1) is 12.4 Å². The van der Waals surface area contributed by atoms with E-state index in [1.807, 2.05) is 0 Å². The fraction of sp³-hybridized carbons (Fsp3) is 1.00.